The fourth-order valence-electron chi connectivity index (χ4n) is 2.90. The van der Waals surface area contributed by atoms with Crippen molar-refractivity contribution in [3.63, 3.8) is 0 Å². The molecule has 1 aromatic carbocycles. The molecule has 2 heterocycles. The molecule has 0 fully saturated rings. The highest BCUT2D eigenvalue weighted by Crippen LogP contribution is 2.30. The molecular formula is C20H18ClFN2O5S. The van der Waals surface area contributed by atoms with E-state index in [1.165, 1.54) is 29.5 Å². The molecular weight excluding hydrogens is 435 g/mol. The Balaban J connectivity index is 1.82. The summed E-state index contributed by atoms with van der Waals surface area (Å²) in [4.78, 5) is 37.6. The van der Waals surface area contributed by atoms with Gasteiger partial charge in [-0.05, 0) is 30.5 Å². The second kappa shape index (κ2) is 9.73. The van der Waals surface area contributed by atoms with Crippen molar-refractivity contribution in [3.05, 3.63) is 68.3 Å². The van der Waals surface area contributed by atoms with Crippen LogP contribution in [0.3, 0.4) is 0 Å². The van der Waals surface area contributed by atoms with Crippen LogP contribution in [0.1, 0.15) is 23.4 Å². The fraction of sp³-hybridized carbons (Fsp3) is 0.250. The zero-order chi connectivity index (χ0) is 21.7. The summed E-state index contributed by atoms with van der Waals surface area (Å²) >= 11 is 7.29. The molecule has 2 N–H and O–H groups in total. The third-order valence-corrected chi connectivity index (χ3v) is 5.53. The van der Waals surface area contributed by atoms with Crippen LogP contribution in [0, 0.1) is 5.82 Å². The van der Waals surface area contributed by atoms with Crippen molar-refractivity contribution >= 4 is 40.9 Å². The van der Waals surface area contributed by atoms with E-state index in [9.17, 15) is 18.8 Å². The second-order valence-corrected chi connectivity index (χ2v) is 7.58. The van der Waals surface area contributed by atoms with Crippen molar-refractivity contribution in [2.45, 2.75) is 19.4 Å². The highest BCUT2D eigenvalue weighted by molar-refractivity contribution is 7.10. The summed E-state index contributed by atoms with van der Waals surface area (Å²) in [5.41, 5.74) is 0.244. The Labute approximate surface area is 180 Å². The van der Waals surface area contributed by atoms with E-state index in [4.69, 9.17) is 21.1 Å². The maximum atomic E-state index is 13.9. The van der Waals surface area contributed by atoms with Crippen molar-refractivity contribution in [2.24, 2.45) is 0 Å². The van der Waals surface area contributed by atoms with Gasteiger partial charge in [-0.1, -0.05) is 23.7 Å². The normalized spacial score (nSPS) is 16.0. The molecule has 0 saturated carbocycles. The van der Waals surface area contributed by atoms with Crippen molar-refractivity contribution in [1.29, 1.82) is 0 Å². The summed E-state index contributed by atoms with van der Waals surface area (Å²) in [6.45, 7) is 1.39. The maximum Gasteiger partial charge on any atom is 0.338 e. The quantitative estimate of drug-likeness (QED) is 0.627. The van der Waals surface area contributed by atoms with Crippen LogP contribution in [-0.4, -0.2) is 31.2 Å². The van der Waals surface area contributed by atoms with Crippen LogP contribution in [0.2, 0.25) is 5.02 Å². The molecule has 1 aliphatic rings. The summed E-state index contributed by atoms with van der Waals surface area (Å²) in [6, 6.07) is 6.34. The Bertz CT molecular complexity index is 973. The smallest absolute Gasteiger partial charge is 0.338 e. The van der Waals surface area contributed by atoms with E-state index in [2.05, 4.69) is 10.6 Å². The molecule has 1 aliphatic heterocycles. The molecule has 30 heavy (non-hydrogen) atoms. The van der Waals surface area contributed by atoms with Crippen molar-refractivity contribution in [3.8, 4) is 0 Å². The number of ether oxygens (including phenoxy) is 2. The number of benzene rings is 1. The largest absolute Gasteiger partial charge is 0.463 e. The van der Waals surface area contributed by atoms with E-state index in [1.54, 1.807) is 19.1 Å². The molecule has 1 atom stereocenters. The predicted octanol–water partition coefficient (Wildman–Crippen LogP) is 3.50. The average molecular weight is 453 g/mol. The molecule has 1 unspecified atom stereocenters. The van der Waals surface area contributed by atoms with Crippen LogP contribution in [0.4, 0.5) is 9.18 Å². The van der Waals surface area contributed by atoms with Crippen molar-refractivity contribution in [2.75, 3.05) is 13.2 Å². The van der Waals surface area contributed by atoms with Gasteiger partial charge < -0.3 is 20.1 Å². The van der Waals surface area contributed by atoms with Gasteiger partial charge in [-0.15, -0.1) is 11.3 Å². The monoisotopic (exact) mass is 452 g/mol. The first-order valence-corrected chi connectivity index (χ1v) is 10.3. The molecule has 1 aromatic heterocycles. The van der Waals surface area contributed by atoms with Gasteiger partial charge in [0.05, 0.1) is 30.3 Å². The van der Waals surface area contributed by atoms with Gasteiger partial charge in [0.15, 0.2) is 0 Å². The lowest BCUT2D eigenvalue weighted by atomic mass is 10.0. The molecule has 158 valence electrons. The molecule has 10 heteroatoms. The number of hydrogen-bond donors (Lipinski definition) is 2. The van der Waals surface area contributed by atoms with Gasteiger partial charge in [-0.2, -0.15) is 0 Å². The Hall–Kier alpha value is -2.91. The van der Waals surface area contributed by atoms with Crippen LogP contribution in [0.15, 0.2) is 47.0 Å². The number of amides is 2. The Morgan fingerprint density at radius 3 is 2.70 bits per heavy atom. The van der Waals surface area contributed by atoms with E-state index < -0.39 is 42.9 Å². The van der Waals surface area contributed by atoms with Gasteiger partial charge in [-0.25, -0.2) is 14.0 Å². The molecule has 0 saturated heterocycles. The van der Waals surface area contributed by atoms with Crippen molar-refractivity contribution < 1.29 is 28.2 Å². The van der Waals surface area contributed by atoms with E-state index in [-0.39, 0.29) is 28.5 Å². The van der Waals surface area contributed by atoms with Gasteiger partial charge in [0.1, 0.15) is 12.4 Å². The van der Waals surface area contributed by atoms with Gasteiger partial charge in [0.2, 0.25) is 0 Å². The molecule has 3 rings (SSSR count). The van der Waals surface area contributed by atoms with Crippen LogP contribution >= 0.6 is 22.9 Å². The topological polar surface area (TPSA) is 93.7 Å². The highest BCUT2D eigenvalue weighted by atomic mass is 35.5. The summed E-state index contributed by atoms with van der Waals surface area (Å²) in [5, 5.41) is 7.08. The number of esters is 2. The van der Waals surface area contributed by atoms with Gasteiger partial charge in [0, 0.05) is 15.5 Å². The number of carbonyl (C=O) groups is 3. The van der Waals surface area contributed by atoms with Gasteiger partial charge >= 0.3 is 18.0 Å². The summed E-state index contributed by atoms with van der Waals surface area (Å²) < 4.78 is 24.2. The summed E-state index contributed by atoms with van der Waals surface area (Å²) in [6.07, 6.45) is -0.395. The SMILES string of the molecule is CCOC(=O)C1=C(COC(=O)Cc2c(F)cccc2Cl)NC(=O)NC1c1cccs1. The molecule has 0 spiro atoms. The number of urea groups is 1. The minimum atomic E-state index is -0.766. The zero-order valence-electron chi connectivity index (χ0n) is 15.9. The highest BCUT2D eigenvalue weighted by Gasteiger charge is 2.34. The lowest BCUT2D eigenvalue weighted by molar-refractivity contribution is -0.143. The molecule has 0 bridgehead atoms. The number of thiophene rings is 1. The van der Waals surface area contributed by atoms with E-state index in [1.807, 2.05) is 5.38 Å². The zero-order valence-corrected chi connectivity index (χ0v) is 17.4. The minimum Gasteiger partial charge on any atom is -0.463 e. The Morgan fingerprint density at radius 2 is 2.03 bits per heavy atom. The van der Waals surface area contributed by atoms with Crippen LogP contribution in [0.5, 0.6) is 0 Å². The third-order valence-electron chi connectivity index (χ3n) is 4.24. The average Bonchev–Trinajstić information content (AvgIpc) is 3.23. The van der Waals surface area contributed by atoms with Crippen molar-refractivity contribution in [1.82, 2.24) is 10.6 Å². The molecule has 2 aromatic rings. The van der Waals surface area contributed by atoms with Crippen LogP contribution < -0.4 is 10.6 Å². The molecule has 7 nitrogen and oxygen atoms in total. The number of nitrogens with one attached hydrogen (secondary N) is 2. The standard InChI is InChI=1S/C20H18ClFN2O5S/c1-2-28-19(26)17-14(23-20(27)24-18(17)15-7-4-8-30-15)10-29-16(25)9-11-12(21)5-3-6-13(11)22/h3-8,18H,2,9-10H2,1H3,(H2,23,24,27). The fourth-order valence-corrected chi connectivity index (χ4v) is 3.91. The lowest BCUT2D eigenvalue weighted by Gasteiger charge is -2.28. The number of carbonyl (C=O) groups excluding carboxylic acids is 3. The van der Waals surface area contributed by atoms with Gasteiger partial charge in [0.25, 0.3) is 0 Å². The number of hydrogen-bond acceptors (Lipinski definition) is 6. The molecule has 0 aliphatic carbocycles. The number of rotatable bonds is 7. The van der Waals surface area contributed by atoms with Crippen LogP contribution in [0.25, 0.3) is 0 Å². The predicted molar refractivity (Wildman–Crippen MR) is 108 cm³/mol. The maximum absolute atomic E-state index is 13.9. The Kier molecular flexibility index (Phi) is 7.07. The van der Waals surface area contributed by atoms with E-state index >= 15 is 0 Å². The first-order valence-electron chi connectivity index (χ1n) is 9.00. The van der Waals surface area contributed by atoms with Gasteiger partial charge in [-0.3, -0.25) is 4.79 Å². The molecule has 0 radical (unpaired) electrons. The first kappa shape index (κ1) is 21.8. The van der Waals surface area contributed by atoms with E-state index in [0.29, 0.717) is 0 Å². The lowest BCUT2D eigenvalue weighted by Crippen LogP contribution is -2.47. The van der Waals surface area contributed by atoms with E-state index in [0.717, 1.165) is 4.88 Å². The van der Waals surface area contributed by atoms with Crippen LogP contribution in [-0.2, 0) is 25.5 Å². The summed E-state index contributed by atoms with van der Waals surface area (Å²) in [7, 11) is 0. The molecule has 2 amide bonds. The first-order chi connectivity index (χ1) is 14.4. The Morgan fingerprint density at radius 1 is 1.23 bits per heavy atom. The second-order valence-electron chi connectivity index (χ2n) is 6.20. The number of halogens is 2. The summed E-state index contributed by atoms with van der Waals surface area (Å²) in [5.74, 6) is -2.04. The minimum absolute atomic E-state index is 0.00886. The third kappa shape index (κ3) is 4.98.